The maximum Gasteiger partial charge on any atom is 0.126 e. The van der Waals surface area contributed by atoms with Gasteiger partial charge in [0, 0.05) is 5.54 Å². The van der Waals surface area contributed by atoms with E-state index in [2.05, 4.69) is 39.8 Å². The Balaban J connectivity index is 2.49. The molecule has 0 atom stereocenters. The fourth-order valence-electron chi connectivity index (χ4n) is 2.46. The van der Waals surface area contributed by atoms with E-state index in [0.29, 0.717) is 0 Å². The molecule has 1 aliphatic carbocycles. The number of methoxy groups -OCH3 is 1. The molecule has 1 aliphatic rings. The largest absolute Gasteiger partial charge is 0.496 e. The van der Waals surface area contributed by atoms with Gasteiger partial charge in [-0.1, -0.05) is 32.9 Å². The minimum atomic E-state index is 0.0224. The van der Waals surface area contributed by atoms with E-state index in [1.807, 2.05) is 0 Å². The summed E-state index contributed by atoms with van der Waals surface area (Å²) in [5.41, 5.74) is 10.3. The average molecular weight is 247 g/mol. The van der Waals surface area contributed by atoms with Crippen LogP contribution in [0.4, 0.5) is 0 Å². The van der Waals surface area contributed by atoms with Crippen molar-refractivity contribution in [1.29, 1.82) is 0 Å². The summed E-state index contributed by atoms with van der Waals surface area (Å²) in [5, 5.41) is 0. The number of rotatable bonds is 3. The molecule has 2 N–H and O–H groups in total. The van der Waals surface area contributed by atoms with Gasteiger partial charge in [-0.25, -0.2) is 0 Å². The summed E-state index contributed by atoms with van der Waals surface area (Å²) < 4.78 is 5.70. The van der Waals surface area contributed by atoms with Crippen LogP contribution >= 0.6 is 0 Å². The van der Waals surface area contributed by atoms with E-state index in [-0.39, 0.29) is 11.0 Å². The van der Waals surface area contributed by atoms with Gasteiger partial charge < -0.3 is 10.5 Å². The second-order valence-corrected chi connectivity index (χ2v) is 6.73. The van der Waals surface area contributed by atoms with Crippen LogP contribution in [-0.4, -0.2) is 12.6 Å². The molecule has 0 unspecified atom stereocenters. The molecule has 18 heavy (non-hydrogen) atoms. The summed E-state index contributed by atoms with van der Waals surface area (Å²) in [4.78, 5) is 0. The summed E-state index contributed by atoms with van der Waals surface area (Å²) in [6.45, 7) is 8.81. The summed E-state index contributed by atoms with van der Waals surface area (Å²) in [7, 11) is 1.77. The van der Waals surface area contributed by atoms with Gasteiger partial charge in [0.25, 0.3) is 0 Å². The van der Waals surface area contributed by atoms with Gasteiger partial charge in [-0.05, 0) is 48.3 Å². The molecule has 2 rings (SSSR count). The normalized spacial score (nSPS) is 17.7. The third kappa shape index (κ3) is 2.54. The van der Waals surface area contributed by atoms with Crippen LogP contribution in [0.5, 0.6) is 5.75 Å². The molecule has 1 fully saturated rings. The molecular weight excluding hydrogens is 222 g/mol. The first kappa shape index (κ1) is 13.4. The molecule has 1 aromatic carbocycles. The molecule has 0 spiro atoms. The van der Waals surface area contributed by atoms with Crippen molar-refractivity contribution in [1.82, 2.24) is 0 Å². The fraction of sp³-hybridized carbons (Fsp3) is 0.625. The first-order chi connectivity index (χ1) is 8.27. The van der Waals surface area contributed by atoms with Crippen LogP contribution in [0.1, 0.15) is 50.3 Å². The Hall–Kier alpha value is -1.02. The molecular formula is C16H25NO. The highest BCUT2D eigenvalue weighted by atomic mass is 16.5. The van der Waals surface area contributed by atoms with E-state index < -0.39 is 0 Å². The second-order valence-electron chi connectivity index (χ2n) is 6.73. The van der Waals surface area contributed by atoms with Crippen molar-refractivity contribution < 1.29 is 4.74 Å². The minimum absolute atomic E-state index is 0.0224. The molecule has 2 nitrogen and oxygen atoms in total. The highest BCUT2D eigenvalue weighted by Gasteiger charge is 2.39. The van der Waals surface area contributed by atoms with Crippen LogP contribution in [-0.2, 0) is 11.8 Å². The maximum atomic E-state index is 6.27. The van der Waals surface area contributed by atoms with Crippen molar-refractivity contribution in [2.75, 3.05) is 7.11 Å². The van der Waals surface area contributed by atoms with Gasteiger partial charge in [0.2, 0.25) is 0 Å². The molecule has 0 amide bonds. The van der Waals surface area contributed by atoms with Crippen molar-refractivity contribution in [3.63, 3.8) is 0 Å². The zero-order valence-corrected chi connectivity index (χ0v) is 12.3. The Morgan fingerprint density at radius 1 is 1.28 bits per heavy atom. The summed E-state index contributed by atoms with van der Waals surface area (Å²) in [6.07, 6.45) is 3.20. The zero-order valence-electron chi connectivity index (χ0n) is 12.3. The predicted molar refractivity (Wildman–Crippen MR) is 76.3 cm³/mol. The number of hydrogen-bond acceptors (Lipinski definition) is 2. The molecule has 0 bridgehead atoms. The Morgan fingerprint density at radius 3 is 2.33 bits per heavy atom. The van der Waals surface area contributed by atoms with Crippen molar-refractivity contribution in [2.45, 2.75) is 57.9 Å². The summed E-state index contributed by atoms with van der Waals surface area (Å²) in [5.74, 6) is 1.04. The van der Waals surface area contributed by atoms with Crippen LogP contribution in [0.15, 0.2) is 12.1 Å². The Kier molecular flexibility index (Phi) is 3.18. The first-order valence-electron chi connectivity index (χ1n) is 6.73. The lowest BCUT2D eigenvalue weighted by atomic mass is 9.83. The number of ether oxygens (including phenoxy) is 1. The minimum Gasteiger partial charge on any atom is -0.496 e. The van der Waals surface area contributed by atoms with E-state index in [9.17, 15) is 0 Å². The first-order valence-corrected chi connectivity index (χ1v) is 6.73. The highest BCUT2D eigenvalue weighted by molar-refractivity contribution is 5.50. The van der Waals surface area contributed by atoms with Crippen molar-refractivity contribution in [3.05, 3.63) is 28.8 Å². The lowest BCUT2D eigenvalue weighted by molar-refractivity contribution is 0.390. The van der Waals surface area contributed by atoms with E-state index in [0.717, 1.165) is 25.0 Å². The van der Waals surface area contributed by atoms with Crippen LogP contribution < -0.4 is 10.5 Å². The molecule has 0 aromatic heterocycles. The molecule has 0 saturated heterocycles. The monoisotopic (exact) mass is 247 g/mol. The molecule has 2 heteroatoms. The van der Waals surface area contributed by atoms with Gasteiger partial charge in [-0.3, -0.25) is 0 Å². The van der Waals surface area contributed by atoms with E-state index in [1.165, 1.54) is 16.7 Å². The number of hydrogen-bond donors (Lipinski definition) is 1. The average Bonchev–Trinajstić information content (AvgIpc) is 2.97. The van der Waals surface area contributed by atoms with Gasteiger partial charge in [-0.2, -0.15) is 0 Å². The number of aryl methyl sites for hydroxylation is 1. The van der Waals surface area contributed by atoms with E-state index in [4.69, 9.17) is 10.5 Å². The molecule has 1 saturated carbocycles. The van der Waals surface area contributed by atoms with Crippen molar-refractivity contribution in [2.24, 2.45) is 5.73 Å². The second kappa shape index (κ2) is 4.27. The van der Waals surface area contributed by atoms with Crippen molar-refractivity contribution >= 4 is 0 Å². The van der Waals surface area contributed by atoms with Crippen LogP contribution in [0, 0.1) is 6.92 Å². The predicted octanol–water partition coefficient (Wildman–Crippen LogP) is 3.33. The third-order valence-electron chi connectivity index (χ3n) is 3.93. The van der Waals surface area contributed by atoms with Gasteiger partial charge in [0.05, 0.1) is 7.11 Å². The van der Waals surface area contributed by atoms with Gasteiger partial charge in [-0.15, -0.1) is 0 Å². The Bertz CT molecular complexity index is 453. The summed E-state index contributed by atoms with van der Waals surface area (Å²) in [6, 6.07) is 4.39. The van der Waals surface area contributed by atoms with Crippen LogP contribution in [0.2, 0.25) is 0 Å². The Morgan fingerprint density at radius 2 is 1.89 bits per heavy atom. The number of benzene rings is 1. The smallest absolute Gasteiger partial charge is 0.126 e. The third-order valence-corrected chi connectivity index (χ3v) is 3.93. The van der Waals surface area contributed by atoms with Crippen LogP contribution in [0.3, 0.4) is 0 Å². The number of nitrogens with two attached hydrogens (primary N) is 1. The van der Waals surface area contributed by atoms with Gasteiger partial charge >= 0.3 is 0 Å². The molecule has 0 heterocycles. The molecule has 0 radical (unpaired) electrons. The van der Waals surface area contributed by atoms with E-state index >= 15 is 0 Å². The van der Waals surface area contributed by atoms with Crippen molar-refractivity contribution in [3.8, 4) is 5.75 Å². The quantitative estimate of drug-likeness (QED) is 0.889. The highest BCUT2D eigenvalue weighted by Crippen LogP contribution is 2.42. The lowest BCUT2D eigenvalue weighted by Gasteiger charge is -2.26. The molecule has 100 valence electrons. The zero-order chi connectivity index (χ0) is 13.6. The molecule has 0 aliphatic heterocycles. The SMILES string of the molecule is COc1c(C(C)(C)C)ccc(C)c1CC1(N)CC1. The topological polar surface area (TPSA) is 35.2 Å². The lowest BCUT2D eigenvalue weighted by Crippen LogP contribution is -2.26. The van der Waals surface area contributed by atoms with E-state index in [1.54, 1.807) is 7.11 Å². The van der Waals surface area contributed by atoms with Gasteiger partial charge in [0.15, 0.2) is 0 Å². The summed E-state index contributed by atoms with van der Waals surface area (Å²) >= 11 is 0. The Labute approximate surface area is 111 Å². The van der Waals surface area contributed by atoms with Gasteiger partial charge in [0.1, 0.15) is 5.75 Å². The molecule has 1 aromatic rings. The fourth-order valence-corrected chi connectivity index (χ4v) is 2.46. The maximum absolute atomic E-state index is 6.27. The van der Waals surface area contributed by atoms with Crippen LogP contribution in [0.25, 0.3) is 0 Å². The standard InChI is InChI=1S/C16H25NO/c1-11-6-7-13(15(2,3)4)14(18-5)12(11)10-16(17)8-9-16/h6-7H,8-10,17H2,1-5H3.